The van der Waals surface area contributed by atoms with E-state index in [1.54, 1.807) is 19.9 Å². The Kier molecular flexibility index (Phi) is 3.67. The molecule has 0 N–H and O–H groups in total. The van der Waals surface area contributed by atoms with Crippen LogP contribution < -0.4 is 0 Å². The first-order valence-electron chi connectivity index (χ1n) is 5.98. The third-order valence-corrected chi connectivity index (χ3v) is 3.22. The van der Waals surface area contributed by atoms with Gasteiger partial charge in [-0.3, -0.25) is 0 Å². The molecule has 1 aromatic carbocycles. The number of halogens is 6. The molecule has 2 aromatic rings. The molecule has 0 aliphatic heterocycles. The van der Waals surface area contributed by atoms with Crippen LogP contribution in [0.25, 0.3) is 11.1 Å². The zero-order valence-electron chi connectivity index (χ0n) is 11.1. The number of aryl methyl sites for hydroxylation is 2. The highest BCUT2D eigenvalue weighted by Crippen LogP contribution is 2.41. The highest BCUT2D eigenvalue weighted by molar-refractivity contribution is 5.74. The van der Waals surface area contributed by atoms with E-state index in [9.17, 15) is 26.3 Å². The molecule has 0 unspecified atom stereocenters. The first kappa shape index (κ1) is 15.7. The first-order valence-corrected chi connectivity index (χ1v) is 5.98. The van der Waals surface area contributed by atoms with Crippen molar-refractivity contribution in [2.24, 2.45) is 5.92 Å². The second-order valence-electron chi connectivity index (χ2n) is 4.85. The molecule has 0 spiro atoms. The van der Waals surface area contributed by atoms with Gasteiger partial charge in [0.25, 0.3) is 0 Å². The molecule has 0 radical (unpaired) electrons. The Morgan fingerprint density at radius 2 is 1.52 bits per heavy atom. The fraction of sp³-hybridized carbons (Fsp3) is 0.462. The number of oxazole rings is 1. The number of alkyl halides is 6. The van der Waals surface area contributed by atoms with Crippen molar-refractivity contribution < 1.29 is 30.8 Å². The highest BCUT2D eigenvalue weighted by Gasteiger charge is 2.57. The Morgan fingerprint density at radius 3 is 2.05 bits per heavy atom. The van der Waals surface area contributed by atoms with E-state index >= 15 is 0 Å². The number of rotatable bonds is 2. The molecule has 0 saturated heterocycles. The van der Waals surface area contributed by atoms with Gasteiger partial charge in [0.15, 0.2) is 17.4 Å². The molecule has 2 nitrogen and oxygen atoms in total. The second-order valence-corrected chi connectivity index (χ2v) is 4.85. The smallest absolute Gasteiger partial charge is 0.400 e. The zero-order chi connectivity index (χ0) is 16.0. The molecule has 0 atom stereocenters. The van der Waals surface area contributed by atoms with E-state index in [2.05, 4.69) is 4.98 Å². The lowest BCUT2D eigenvalue weighted by molar-refractivity contribution is -0.284. The van der Waals surface area contributed by atoms with Gasteiger partial charge in [0, 0.05) is 6.42 Å². The molecular weight excluding hydrogens is 300 g/mol. The summed E-state index contributed by atoms with van der Waals surface area (Å²) in [6, 6.07) is 3.10. The Morgan fingerprint density at radius 1 is 1.00 bits per heavy atom. The van der Waals surface area contributed by atoms with E-state index in [4.69, 9.17) is 4.42 Å². The third-order valence-electron chi connectivity index (χ3n) is 3.22. The normalized spacial score (nSPS) is 13.4. The van der Waals surface area contributed by atoms with Crippen LogP contribution in [0.1, 0.15) is 17.0 Å². The van der Waals surface area contributed by atoms with E-state index in [0.717, 1.165) is 11.1 Å². The van der Waals surface area contributed by atoms with Gasteiger partial charge >= 0.3 is 12.4 Å². The van der Waals surface area contributed by atoms with Gasteiger partial charge in [-0.25, -0.2) is 4.98 Å². The molecule has 1 aromatic heterocycles. The molecule has 0 aliphatic rings. The predicted octanol–water partition coefficient (Wildman–Crippen LogP) is 4.73. The van der Waals surface area contributed by atoms with E-state index in [-0.39, 0.29) is 11.1 Å². The molecule has 0 amide bonds. The van der Waals surface area contributed by atoms with Crippen LogP contribution in [0.5, 0.6) is 0 Å². The summed E-state index contributed by atoms with van der Waals surface area (Å²) in [4.78, 5) is 3.71. The molecule has 0 bridgehead atoms. The molecular formula is C13H11F6NO. The van der Waals surface area contributed by atoms with Gasteiger partial charge < -0.3 is 4.42 Å². The fourth-order valence-electron chi connectivity index (χ4n) is 1.91. The monoisotopic (exact) mass is 311 g/mol. The average Bonchev–Trinajstić information content (AvgIpc) is 2.65. The Labute approximate surface area is 115 Å². The topological polar surface area (TPSA) is 26.0 Å². The van der Waals surface area contributed by atoms with Crippen molar-refractivity contribution in [3.63, 3.8) is 0 Å². The van der Waals surface area contributed by atoms with Crippen LogP contribution in [0.15, 0.2) is 16.5 Å². The van der Waals surface area contributed by atoms with Gasteiger partial charge in [0.2, 0.25) is 0 Å². The maximum Gasteiger partial charge on any atom is 0.400 e. The summed E-state index contributed by atoms with van der Waals surface area (Å²) in [6.45, 7) is 3.52. The molecule has 2 rings (SSSR count). The van der Waals surface area contributed by atoms with Gasteiger partial charge in [0.05, 0.1) is 0 Å². The van der Waals surface area contributed by atoms with Gasteiger partial charge in [-0.1, -0.05) is 0 Å². The summed E-state index contributed by atoms with van der Waals surface area (Å²) in [5, 5.41) is 0. The standard InChI is InChI=1S/C13H11F6NO/c1-6-3-8-9(4-7(6)2)21-11(20-8)5-10(12(14,15)16)13(17,18)19/h3-4,10H,5H2,1-2H3. The van der Waals surface area contributed by atoms with Crippen LogP contribution >= 0.6 is 0 Å². The lowest BCUT2D eigenvalue weighted by Gasteiger charge is -2.21. The average molecular weight is 311 g/mol. The van der Waals surface area contributed by atoms with E-state index in [0.29, 0.717) is 0 Å². The maximum absolute atomic E-state index is 12.5. The van der Waals surface area contributed by atoms with Crippen LogP contribution in [0.2, 0.25) is 0 Å². The molecule has 1 heterocycles. The maximum atomic E-state index is 12.5. The summed E-state index contributed by atoms with van der Waals surface area (Å²) in [6.07, 6.45) is -12.2. The summed E-state index contributed by atoms with van der Waals surface area (Å²) >= 11 is 0. The van der Waals surface area contributed by atoms with Crippen LogP contribution in [-0.2, 0) is 6.42 Å². The quantitative estimate of drug-likeness (QED) is 0.750. The Balaban J connectivity index is 2.38. The Bertz CT molecular complexity index is 602. The number of aromatic nitrogens is 1. The minimum Gasteiger partial charge on any atom is -0.441 e. The summed E-state index contributed by atoms with van der Waals surface area (Å²) in [7, 11) is 0. The minimum atomic E-state index is -5.40. The molecule has 21 heavy (non-hydrogen) atoms. The van der Waals surface area contributed by atoms with Crippen molar-refractivity contribution in [3.8, 4) is 0 Å². The number of hydrogen-bond acceptors (Lipinski definition) is 2. The first-order chi connectivity index (χ1) is 9.48. The van der Waals surface area contributed by atoms with Crippen molar-refractivity contribution >= 4 is 11.1 Å². The van der Waals surface area contributed by atoms with Gasteiger partial charge in [-0.2, -0.15) is 26.3 Å². The number of benzene rings is 1. The van der Waals surface area contributed by atoms with Crippen molar-refractivity contribution in [3.05, 3.63) is 29.2 Å². The van der Waals surface area contributed by atoms with E-state index in [1.165, 1.54) is 6.07 Å². The second kappa shape index (κ2) is 4.92. The SMILES string of the molecule is Cc1cc2nc(CC(C(F)(F)F)C(F)(F)F)oc2cc1C. The van der Waals surface area contributed by atoms with Gasteiger partial charge in [0.1, 0.15) is 5.52 Å². The molecule has 0 fully saturated rings. The van der Waals surface area contributed by atoms with Crippen molar-refractivity contribution in [2.45, 2.75) is 32.6 Å². The number of hydrogen-bond donors (Lipinski definition) is 0. The molecule has 116 valence electrons. The van der Waals surface area contributed by atoms with E-state index < -0.39 is 30.6 Å². The summed E-state index contributed by atoms with van der Waals surface area (Å²) < 4.78 is 80.0. The van der Waals surface area contributed by atoms with Crippen LogP contribution in [-0.4, -0.2) is 17.3 Å². The fourth-order valence-corrected chi connectivity index (χ4v) is 1.91. The third kappa shape index (κ3) is 3.30. The highest BCUT2D eigenvalue weighted by atomic mass is 19.4. The number of nitrogens with zero attached hydrogens (tertiary/aromatic N) is 1. The summed E-state index contributed by atoms with van der Waals surface area (Å²) in [5.41, 5.74) is 2.06. The Hall–Kier alpha value is -1.73. The molecule has 0 saturated carbocycles. The van der Waals surface area contributed by atoms with Crippen molar-refractivity contribution in [1.82, 2.24) is 4.98 Å². The lowest BCUT2D eigenvalue weighted by Crippen LogP contribution is -2.38. The van der Waals surface area contributed by atoms with Crippen molar-refractivity contribution in [2.75, 3.05) is 0 Å². The molecule has 8 heteroatoms. The van der Waals surface area contributed by atoms with Crippen LogP contribution in [0.4, 0.5) is 26.3 Å². The molecule has 0 aliphatic carbocycles. The number of fused-ring (bicyclic) bond motifs is 1. The zero-order valence-corrected chi connectivity index (χ0v) is 11.1. The van der Waals surface area contributed by atoms with E-state index in [1.807, 2.05) is 0 Å². The van der Waals surface area contributed by atoms with Crippen molar-refractivity contribution in [1.29, 1.82) is 0 Å². The predicted molar refractivity (Wildman–Crippen MR) is 62.8 cm³/mol. The van der Waals surface area contributed by atoms with Crippen LogP contribution in [0.3, 0.4) is 0 Å². The largest absolute Gasteiger partial charge is 0.441 e. The van der Waals surface area contributed by atoms with Gasteiger partial charge in [-0.05, 0) is 37.1 Å². The lowest BCUT2D eigenvalue weighted by atomic mass is 10.0. The van der Waals surface area contributed by atoms with Gasteiger partial charge in [-0.15, -0.1) is 0 Å². The van der Waals surface area contributed by atoms with Crippen LogP contribution in [0, 0.1) is 19.8 Å². The summed E-state index contributed by atoms with van der Waals surface area (Å²) in [5.74, 6) is -4.06. The minimum absolute atomic E-state index is 0.177.